The zero-order chi connectivity index (χ0) is 21.7. The van der Waals surface area contributed by atoms with Crippen LogP contribution in [0, 0.1) is 0 Å². The van der Waals surface area contributed by atoms with Crippen molar-refractivity contribution in [3.63, 3.8) is 0 Å². The van der Waals surface area contributed by atoms with E-state index in [-0.39, 0.29) is 22.1 Å². The van der Waals surface area contributed by atoms with E-state index in [9.17, 15) is 19.2 Å². The lowest BCUT2D eigenvalue weighted by molar-refractivity contribution is 1.01. The van der Waals surface area contributed by atoms with Gasteiger partial charge in [0.2, 0.25) is 0 Å². The maximum Gasteiger partial charge on any atom is 0.327 e. The molecule has 0 bridgehead atoms. The molecule has 6 heterocycles. The second-order valence-corrected chi connectivity index (χ2v) is 7.27. The maximum atomic E-state index is 12.5. The van der Waals surface area contributed by atoms with Gasteiger partial charge < -0.3 is 9.97 Å². The van der Waals surface area contributed by atoms with Crippen LogP contribution < -0.4 is 22.5 Å². The van der Waals surface area contributed by atoms with Crippen LogP contribution in [0.25, 0.3) is 65.9 Å². The molecule has 6 aromatic heterocycles. The number of aromatic amines is 6. The Hall–Kier alpha value is -5.14. The molecule has 14 heteroatoms. The first kappa shape index (κ1) is 16.6. The first-order valence-corrected chi connectivity index (χ1v) is 9.27. The summed E-state index contributed by atoms with van der Waals surface area (Å²) in [5.41, 5.74) is -0.530. The van der Waals surface area contributed by atoms with Crippen molar-refractivity contribution >= 4 is 65.9 Å². The number of rotatable bonds is 0. The molecule has 0 amide bonds. The Morgan fingerprint density at radius 3 is 1.25 bits per heavy atom. The molecule has 32 heavy (non-hydrogen) atoms. The van der Waals surface area contributed by atoms with Gasteiger partial charge in [0, 0.05) is 21.5 Å². The minimum absolute atomic E-state index is 0.0660. The molecule has 0 radical (unpaired) electrons. The predicted octanol–water partition coefficient (Wildman–Crippen LogP) is -0.405. The average molecular weight is 428 g/mol. The van der Waals surface area contributed by atoms with Crippen LogP contribution >= 0.6 is 0 Å². The molecule has 0 spiro atoms. The Balaban J connectivity index is 1.73. The van der Waals surface area contributed by atoms with E-state index in [0.29, 0.717) is 43.9 Å². The van der Waals surface area contributed by atoms with Gasteiger partial charge in [0.05, 0.1) is 21.8 Å². The lowest BCUT2D eigenvalue weighted by Gasteiger charge is -1.98. The fraction of sp³-hybridized carbons (Fsp3) is 0. The zero-order valence-electron chi connectivity index (χ0n) is 15.6. The van der Waals surface area contributed by atoms with Crippen molar-refractivity contribution in [1.82, 2.24) is 50.3 Å². The molecule has 6 N–H and O–H groups in total. The molecule has 0 unspecified atom stereocenters. The van der Waals surface area contributed by atoms with Gasteiger partial charge in [-0.15, -0.1) is 20.4 Å². The van der Waals surface area contributed by atoms with Gasteiger partial charge in [-0.05, 0) is 0 Å². The average Bonchev–Trinajstić information content (AvgIpc) is 3.31. The van der Waals surface area contributed by atoms with Gasteiger partial charge in [-0.1, -0.05) is 12.1 Å². The molecule has 14 nitrogen and oxygen atoms in total. The Morgan fingerprint density at radius 1 is 0.469 bits per heavy atom. The van der Waals surface area contributed by atoms with Crippen LogP contribution in [0.2, 0.25) is 0 Å². The van der Waals surface area contributed by atoms with E-state index in [1.54, 1.807) is 12.1 Å². The Morgan fingerprint density at radius 2 is 0.844 bits per heavy atom. The minimum atomic E-state index is -0.678. The molecule has 154 valence electrons. The van der Waals surface area contributed by atoms with Gasteiger partial charge in [-0.2, -0.15) is 0 Å². The van der Waals surface area contributed by atoms with Crippen molar-refractivity contribution in [3.8, 4) is 0 Å². The van der Waals surface area contributed by atoms with Crippen LogP contribution in [-0.4, -0.2) is 50.3 Å². The fourth-order valence-electron chi connectivity index (χ4n) is 4.31. The van der Waals surface area contributed by atoms with Crippen LogP contribution in [0.4, 0.5) is 0 Å². The van der Waals surface area contributed by atoms with E-state index >= 15 is 0 Å². The van der Waals surface area contributed by atoms with Crippen molar-refractivity contribution in [3.05, 3.63) is 53.8 Å². The van der Waals surface area contributed by atoms with Gasteiger partial charge in [0.25, 0.3) is 11.1 Å². The Labute approximate surface area is 170 Å². The number of H-pyrrole nitrogens is 6. The maximum absolute atomic E-state index is 12.5. The molecule has 0 fully saturated rings. The monoisotopic (exact) mass is 428 g/mol. The van der Waals surface area contributed by atoms with Crippen LogP contribution in [-0.2, 0) is 0 Å². The molecule has 0 aliphatic rings. The number of hydrogen-bond acceptors (Lipinski definition) is 8. The third-order valence-corrected chi connectivity index (χ3v) is 5.55. The van der Waals surface area contributed by atoms with Crippen molar-refractivity contribution < 1.29 is 0 Å². The number of hydrogen-bond donors (Lipinski definition) is 6. The van der Waals surface area contributed by atoms with E-state index in [1.165, 1.54) is 0 Å². The van der Waals surface area contributed by atoms with E-state index in [1.807, 2.05) is 0 Å². The van der Waals surface area contributed by atoms with Crippen molar-refractivity contribution in [2.45, 2.75) is 0 Å². The normalized spacial score (nSPS) is 12.2. The van der Waals surface area contributed by atoms with Crippen molar-refractivity contribution in [1.29, 1.82) is 0 Å². The highest BCUT2D eigenvalue weighted by Gasteiger charge is 2.20. The minimum Gasteiger partial charge on any atom is -0.336 e. The summed E-state index contributed by atoms with van der Waals surface area (Å²) in [6, 6.07) is 3.53. The lowest BCUT2D eigenvalue weighted by atomic mass is 10.1. The molecule has 0 saturated heterocycles. The van der Waals surface area contributed by atoms with Crippen molar-refractivity contribution in [2.24, 2.45) is 0 Å². The summed E-state index contributed by atoms with van der Waals surface area (Å²) in [6.45, 7) is 0. The molecule has 7 aromatic rings. The van der Waals surface area contributed by atoms with E-state index < -0.39 is 22.5 Å². The van der Waals surface area contributed by atoms with Crippen LogP contribution in [0.5, 0.6) is 0 Å². The highest BCUT2D eigenvalue weighted by molar-refractivity contribution is 6.27. The second-order valence-electron chi connectivity index (χ2n) is 7.27. The van der Waals surface area contributed by atoms with Crippen molar-refractivity contribution in [2.75, 3.05) is 0 Å². The molecule has 0 atom stereocenters. The van der Waals surface area contributed by atoms with Gasteiger partial charge in [-0.25, -0.2) is 9.59 Å². The second kappa shape index (κ2) is 5.31. The number of nitrogens with zero attached hydrogens (tertiary/aromatic N) is 4. The highest BCUT2D eigenvalue weighted by atomic mass is 16.2. The number of benzene rings is 1. The quantitative estimate of drug-likeness (QED) is 0.186. The first-order valence-electron chi connectivity index (χ1n) is 9.27. The summed E-state index contributed by atoms with van der Waals surface area (Å²) in [4.78, 5) is 63.9. The summed E-state index contributed by atoms with van der Waals surface area (Å²) in [5.74, 6) is 0. The summed E-state index contributed by atoms with van der Waals surface area (Å²) in [6.07, 6.45) is 0. The SMILES string of the molecule is O=c1[nH]c(=O)c2c(nnc3[nH]c4c(ccc5c4[nH]c4nnc6[nH]c(=O)[nH]c(=O)c6c45)c32)[nH]1. The standard InChI is InChI=1S/C18H8N10O4/c29-15-7-5-3-1-2-4-6-8-14(22-18(32)24-16(8)30)28-26-12(6)20-10(4)9(3)19-11(5)25-27-13(7)21-17(31)23-15/h1-2H,(H,19,25)(H,20,26)(H2,21,23,27,29,31)(H2,22,24,28,30,32). The number of nitrogens with one attached hydrogen (secondary N) is 6. The Kier molecular flexibility index (Phi) is 2.76. The molecule has 0 aliphatic heterocycles. The van der Waals surface area contributed by atoms with Crippen LogP contribution in [0.3, 0.4) is 0 Å². The van der Waals surface area contributed by atoms with E-state index in [2.05, 4.69) is 50.3 Å². The molecule has 0 saturated carbocycles. The largest absolute Gasteiger partial charge is 0.336 e. The van der Waals surface area contributed by atoms with E-state index in [0.717, 1.165) is 0 Å². The smallest absolute Gasteiger partial charge is 0.327 e. The summed E-state index contributed by atoms with van der Waals surface area (Å²) >= 11 is 0. The fourth-order valence-corrected chi connectivity index (χ4v) is 4.31. The molecular weight excluding hydrogens is 420 g/mol. The number of aromatic nitrogens is 10. The molecule has 1 aromatic carbocycles. The molecular formula is C18H8N10O4. The summed E-state index contributed by atoms with van der Waals surface area (Å²) < 4.78 is 0. The molecule has 0 aliphatic carbocycles. The highest BCUT2D eigenvalue weighted by Crippen LogP contribution is 2.35. The van der Waals surface area contributed by atoms with Crippen LogP contribution in [0.1, 0.15) is 0 Å². The van der Waals surface area contributed by atoms with Gasteiger partial charge >= 0.3 is 11.4 Å². The zero-order valence-corrected chi connectivity index (χ0v) is 15.6. The third kappa shape index (κ3) is 1.92. The third-order valence-electron chi connectivity index (χ3n) is 5.55. The van der Waals surface area contributed by atoms with Crippen LogP contribution in [0.15, 0.2) is 31.3 Å². The predicted molar refractivity (Wildman–Crippen MR) is 114 cm³/mol. The summed E-state index contributed by atoms with van der Waals surface area (Å²) in [7, 11) is 0. The molecule has 7 rings (SSSR count). The Bertz CT molecular complexity index is 2030. The summed E-state index contributed by atoms with van der Waals surface area (Å²) in [5, 5.41) is 18.7. The topological polar surface area (TPSA) is 215 Å². The lowest BCUT2D eigenvalue weighted by Crippen LogP contribution is -2.22. The van der Waals surface area contributed by atoms with Gasteiger partial charge in [0.1, 0.15) is 0 Å². The van der Waals surface area contributed by atoms with E-state index in [4.69, 9.17) is 0 Å². The van der Waals surface area contributed by atoms with Gasteiger partial charge in [-0.3, -0.25) is 29.5 Å². The van der Waals surface area contributed by atoms with Gasteiger partial charge in [0.15, 0.2) is 22.6 Å². The first-order chi connectivity index (χ1) is 15.5. The number of fused-ring (bicyclic) bond motifs is 11.